The molecule has 196 valence electrons. The maximum atomic E-state index is 13.6. The number of thiazole rings is 1. The Hall–Kier alpha value is -3.10. The molecule has 1 saturated heterocycles. The van der Waals surface area contributed by atoms with Crippen LogP contribution in [0.3, 0.4) is 0 Å². The third kappa shape index (κ3) is 4.22. The van der Waals surface area contributed by atoms with Gasteiger partial charge in [0.05, 0.1) is 29.8 Å². The second-order valence-corrected chi connectivity index (χ2v) is 11.1. The highest BCUT2D eigenvalue weighted by atomic mass is 32.1. The first kappa shape index (κ1) is 24.6. The van der Waals surface area contributed by atoms with Crippen LogP contribution in [0.4, 0.5) is 33.9 Å². The Kier molecular flexibility index (Phi) is 5.61. The number of hydrogen-bond acceptors (Lipinski definition) is 10. The van der Waals surface area contributed by atoms with Crippen molar-refractivity contribution in [3.63, 3.8) is 0 Å². The summed E-state index contributed by atoms with van der Waals surface area (Å²) in [6.07, 6.45) is -5.49. The molecule has 36 heavy (non-hydrogen) atoms. The first-order valence-corrected chi connectivity index (χ1v) is 12.1. The van der Waals surface area contributed by atoms with Gasteiger partial charge in [-0.25, -0.2) is 14.6 Å². The number of alkyl halides is 3. The van der Waals surface area contributed by atoms with E-state index in [4.69, 9.17) is 14.0 Å². The number of hydrogen-bond donors (Lipinski definition) is 1. The van der Waals surface area contributed by atoms with Gasteiger partial charge in [0, 0.05) is 19.5 Å². The van der Waals surface area contributed by atoms with E-state index in [1.165, 1.54) is 23.3 Å². The van der Waals surface area contributed by atoms with Crippen LogP contribution in [0.2, 0.25) is 0 Å². The second kappa shape index (κ2) is 8.21. The number of carbonyl (C=O) groups excluding carboxylic acids is 2. The maximum absolute atomic E-state index is 13.6. The molecule has 4 heterocycles. The molecule has 15 heteroatoms. The SMILES string of the molecule is COC(=O)N1C[C@H]2Cc3nc(NC(=O)OC(C)(C)C)sc3[C@@H](C1)N2c1nc(C2(C(F)(F)F)CC2)no1. The molecular formula is C21H25F3N6O5S. The van der Waals surface area contributed by atoms with Crippen molar-refractivity contribution >= 4 is 34.7 Å². The van der Waals surface area contributed by atoms with Crippen LogP contribution in [-0.2, 0) is 21.3 Å². The van der Waals surface area contributed by atoms with Crippen LogP contribution in [0.25, 0.3) is 0 Å². The Bertz CT molecular complexity index is 1190. The number of aromatic nitrogens is 3. The molecule has 3 aliphatic rings. The summed E-state index contributed by atoms with van der Waals surface area (Å²) in [6, 6.07) is -0.977. The summed E-state index contributed by atoms with van der Waals surface area (Å²) in [5.41, 5.74) is -2.05. The molecule has 1 aliphatic carbocycles. The molecule has 0 unspecified atom stereocenters. The number of nitrogens with one attached hydrogen (secondary N) is 1. The zero-order valence-electron chi connectivity index (χ0n) is 20.0. The lowest BCUT2D eigenvalue weighted by Crippen LogP contribution is -2.59. The average Bonchev–Trinajstić information content (AvgIpc) is 3.29. The van der Waals surface area contributed by atoms with Crippen molar-refractivity contribution in [2.45, 2.75) is 69.3 Å². The van der Waals surface area contributed by atoms with Crippen LogP contribution in [-0.4, -0.2) is 70.2 Å². The largest absolute Gasteiger partial charge is 0.453 e. The molecule has 2 aromatic rings. The van der Waals surface area contributed by atoms with Crippen molar-refractivity contribution in [1.82, 2.24) is 20.0 Å². The summed E-state index contributed by atoms with van der Waals surface area (Å²) in [5.74, 6) is -0.379. The summed E-state index contributed by atoms with van der Waals surface area (Å²) in [4.78, 5) is 37.3. The van der Waals surface area contributed by atoms with E-state index in [1.54, 1.807) is 25.7 Å². The van der Waals surface area contributed by atoms with Crippen LogP contribution in [0.15, 0.2) is 4.52 Å². The molecule has 5 rings (SSSR count). The number of rotatable bonds is 3. The Morgan fingerprint density at radius 1 is 1.19 bits per heavy atom. The average molecular weight is 531 g/mol. The molecule has 0 radical (unpaired) electrons. The number of carbonyl (C=O) groups is 2. The molecular weight excluding hydrogens is 505 g/mol. The summed E-state index contributed by atoms with van der Waals surface area (Å²) in [7, 11) is 1.28. The Balaban J connectivity index is 1.46. The fraction of sp³-hybridized carbons (Fsp3) is 0.667. The standard InChI is InChI=1S/C21H25F3N6O5S/c1-19(2,3)34-17(31)27-15-25-11-7-10-8-29(18(32)33-4)9-12(13(11)36-15)30(10)16-26-14(28-35-16)20(5-6-20)21(22,23)24/h10,12H,5-9H2,1-4H3,(H,25,27,31)/t10-,12-/m1/s1. The van der Waals surface area contributed by atoms with E-state index in [-0.39, 0.29) is 37.8 Å². The number of piperazine rings is 1. The highest BCUT2D eigenvalue weighted by Gasteiger charge is 2.67. The second-order valence-electron chi connectivity index (χ2n) is 10.1. The van der Waals surface area contributed by atoms with Crippen molar-refractivity contribution in [2.24, 2.45) is 0 Å². The maximum Gasteiger partial charge on any atom is 0.413 e. The van der Waals surface area contributed by atoms with Crippen molar-refractivity contribution in [1.29, 1.82) is 0 Å². The highest BCUT2D eigenvalue weighted by molar-refractivity contribution is 7.16. The van der Waals surface area contributed by atoms with E-state index in [2.05, 4.69) is 20.4 Å². The van der Waals surface area contributed by atoms with Gasteiger partial charge in [-0.3, -0.25) is 5.32 Å². The van der Waals surface area contributed by atoms with Crippen LogP contribution in [0.1, 0.15) is 56.1 Å². The van der Waals surface area contributed by atoms with Crippen molar-refractivity contribution < 1.29 is 36.8 Å². The number of amides is 2. The lowest BCUT2D eigenvalue weighted by atomic mass is 9.94. The highest BCUT2D eigenvalue weighted by Crippen LogP contribution is 2.58. The fourth-order valence-electron chi connectivity index (χ4n) is 4.62. The molecule has 0 spiro atoms. The third-order valence-corrected chi connectivity index (χ3v) is 7.52. The summed E-state index contributed by atoms with van der Waals surface area (Å²) >= 11 is 1.19. The van der Waals surface area contributed by atoms with E-state index < -0.39 is 41.5 Å². The van der Waals surface area contributed by atoms with Crippen LogP contribution in [0, 0.1) is 0 Å². The summed E-state index contributed by atoms with van der Waals surface area (Å²) in [6.45, 7) is 5.60. The molecule has 2 amide bonds. The smallest absolute Gasteiger partial charge is 0.413 e. The van der Waals surface area contributed by atoms with Crippen LogP contribution < -0.4 is 10.2 Å². The first-order chi connectivity index (χ1) is 16.8. The van der Waals surface area contributed by atoms with Gasteiger partial charge in [0.25, 0.3) is 0 Å². The fourth-order valence-corrected chi connectivity index (χ4v) is 5.69. The number of nitrogens with zero attached hydrogens (tertiary/aromatic N) is 5. The summed E-state index contributed by atoms with van der Waals surface area (Å²) < 4.78 is 56.3. The van der Waals surface area contributed by atoms with Crippen molar-refractivity contribution in [3.8, 4) is 0 Å². The molecule has 2 bridgehead atoms. The van der Waals surface area contributed by atoms with Gasteiger partial charge in [-0.05, 0) is 33.6 Å². The van der Waals surface area contributed by atoms with Gasteiger partial charge in [-0.1, -0.05) is 16.5 Å². The monoisotopic (exact) mass is 530 g/mol. The van der Waals surface area contributed by atoms with Crippen LogP contribution in [0.5, 0.6) is 0 Å². The number of fused-ring (bicyclic) bond motifs is 4. The first-order valence-electron chi connectivity index (χ1n) is 11.3. The van der Waals surface area contributed by atoms with Gasteiger partial charge in [0.1, 0.15) is 11.0 Å². The Labute approximate surface area is 207 Å². The van der Waals surface area contributed by atoms with Gasteiger partial charge in [-0.15, -0.1) is 0 Å². The molecule has 1 saturated carbocycles. The predicted octanol–water partition coefficient (Wildman–Crippen LogP) is 4.02. The predicted molar refractivity (Wildman–Crippen MR) is 120 cm³/mol. The van der Waals surface area contributed by atoms with E-state index in [0.717, 1.165) is 10.6 Å². The number of halogens is 3. The number of methoxy groups -OCH3 is 1. The number of ether oxygens (including phenoxy) is 2. The van der Waals surface area contributed by atoms with E-state index >= 15 is 0 Å². The zero-order chi connectivity index (χ0) is 26.0. The molecule has 11 nitrogen and oxygen atoms in total. The normalized spacial score (nSPS) is 22.6. The molecule has 2 fully saturated rings. The molecule has 2 aliphatic heterocycles. The lowest BCUT2D eigenvalue weighted by Gasteiger charge is -2.47. The van der Waals surface area contributed by atoms with E-state index in [9.17, 15) is 22.8 Å². The van der Waals surface area contributed by atoms with Crippen molar-refractivity contribution in [3.05, 3.63) is 16.4 Å². The van der Waals surface area contributed by atoms with Gasteiger partial charge in [-0.2, -0.15) is 18.2 Å². The van der Waals surface area contributed by atoms with E-state index in [1.807, 2.05) is 0 Å². The molecule has 2 aromatic heterocycles. The molecule has 1 N–H and O–H groups in total. The Morgan fingerprint density at radius 2 is 1.92 bits per heavy atom. The van der Waals surface area contributed by atoms with Gasteiger partial charge < -0.3 is 23.8 Å². The minimum atomic E-state index is -4.47. The quantitative estimate of drug-likeness (QED) is 0.627. The number of anilines is 2. The minimum Gasteiger partial charge on any atom is -0.453 e. The Morgan fingerprint density at radius 3 is 2.53 bits per heavy atom. The third-order valence-electron chi connectivity index (χ3n) is 6.41. The lowest BCUT2D eigenvalue weighted by molar-refractivity contribution is -0.162. The van der Waals surface area contributed by atoms with Gasteiger partial charge in [0.2, 0.25) is 0 Å². The minimum absolute atomic E-state index is 0.0410. The van der Waals surface area contributed by atoms with E-state index in [0.29, 0.717) is 11.6 Å². The topological polar surface area (TPSA) is 123 Å². The van der Waals surface area contributed by atoms with Crippen molar-refractivity contribution in [2.75, 3.05) is 30.4 Å². The summed E-state index contributed by atoms with van der Waals surface area (Å²) in [5, 5.41) is 6.63. The molecule has 2 atom stereocenters. The van der Waals surface area contributed by atoms with Gasteiger partial charge >= 0.3 is 24.4 Å². The van der Waals surface area contributed by atoms with Gasteiger partial charge in [0.15, 0.2) is 11.0 Å². The zero-order valence-corrected chi connectivity index (χ0v) is 20.8. The van der Waals surface area contributed by atoms with Crippen LogP contribution >= 0.6 is 11.3 Å². The molecule has 0 aromatic carbocycles.